The van der Waals surface area contributed by atoms with E-state index in [0.717, 1.165) is 76.9 Å². The normalized spacial score (nSPS) is 19.0. The van der Waals surface area contributed by atoms with E-state index in [2.05, 4.69) is 42.0 Å². The molecule has 2 aliphatic heterocycles. The molecule has 0 bridgehead atoms. The molecule has 9 heteroatoms. The van der Waals surface area contributed by atoms with Crippen LogP contribution in [0.2, 0.25) is 0 Å². The molecular formula is C20H36IN7O. The number of ether oxygens (including phenoxy) is 1. The van der Waals surface area contributed by atoms with Crippen molar-refractivity contribution < 1.29 is 4.74 Å². The Labute approximate surface area is 192 Å². The van der Waals surface area contributed by atoms with Gasteiger partial charge in [0.2, 0.25) is 5.95 Å². The van der Waals surface area contributed by atoms with Crippen LogP contribution in [0.1, 0.15) is 19.3 Å². The van der Waals surface area contributed by atoms with Crippen LogP contribution in [0, 0.1) is 5.92 Å². The minimum Gasteiger partial charge on any atom is -0.381 e. The molecule has 1 N–H and O–H groups in total. The lowest BCUT2D eigenvalue weighted by atomic mass is 9.96. The summed E-state index contributed by atoms with van der Waals surface area (Å²) in [5, 5.41) is 3.52. The fraction of sp³-hybridized carbons (Fsp3) is 0.750. The molecule has 2 saturated heterocycles. The summed E-state index contributed by atoms with van der Waals surface area (Å²) in [6.45, 7) is 8.85. The second-order valence-corrected chi connectivity index (χ2v) is 7.62. The molecular weight excluding hydrogens is 481 g/mol. The van der Waals surface area contributed by atoms with Crippen LogP contribution < -0.4 is 10.2 Å². The lowest BCUT2D eigenvalue weighted by molar-refractivity contribution is 0.0625. The van der Waals surface area contributed by atoms with Crippen LogP contribution in [-0.2, 0) is 4.74 Å². The van der Waals surface area contributed by atoms with Crippen LogP contribution in [0.25, 0.3) is 0 Å². The van der Waals surface area contributed by atoms with E-state index in [4.69, 9.17) is 4.74 Å². The van der Waals surface area contributed by atoms with E-state index in [1.807, 2.05) is 25.5 Å². The molecule has 2 aliphatic rings. The minimum absolute atomic E-state index is 0. The summed E-state index contributed by atoms with van der Waals surface area (Å²) in [5.74, 6) is 2.62. The van der Waals surface area contributed by atoms with Gasteiger partial charge in [-0.3, -0.25) is 9.89 Å². The molecule has 0 atom stereocenters. The Morgan fingerprint density at radius 3 is 2.55 bits per heavy atom. The van der Waals surface area contributed by atoms with Crippen LogP contribution in [0.3, 0.4) is 0 Å². The number of hydrogen-bond donors (Lipinski definition) is 1. The first-order chi connectivity index (χ1) is 13.8. The highest BCUT2D eigenvalue weighted by molar-refractivity contribution is 14.0. The summed E-state index contributed by atoms with van der Waals surface area (Å²) in [6.07, 6.45) is 7.22. The topological polar surface area (TPSA) is 69.1 Å². The van der Waals surface area contributed by atoms with Gasteiger partial charge in [-0.2, -0.15) is 0 Å². The summed E-state index contributed by atoms with van der Waals surface area (Å²) in [7, 11) is 4.00. The second kappa shape index (κ2) is 13.2. The van der Waals surface area contributed by atoms with Gasteiger partial charge in [-0.1, -0.05) is 0 Å². The van der Waals surface area contributed by atoms with Gasteiger partial charge in [-0.15, -0.1) is 24.0 Å². The molecule has 8 nitrogen and oxygen atoms in total. The molecule has 0 aliphatic carbocycles. The van der Waals surface area contributed by atoms with Crippen molar-refractivity contribution in [2.75, 3.05) is 78.0 Å². The number of halogens is 1. The Morgan fingerprint density at radius 2 is 1.90 bits per heavy atom. The van der Waals surface area contributed by atoms with Gasteiger partial charge in [0, 0.05) is 85.5 Å². The van der Waals surface area contributed by atoms with Gasteiger partial charge >= 0.3 is 0 Å². The number of aliphatic imine (C=N–C) groups is 1. The molecule has 0 spiro atoms. The van der Waals surface area contributed by atoms with Crippen molar-refractivity contribution in [1.29, 1.82) is 0 Å². The minimum atomic E-state index is 0. The number of anilines is 1. The molecule has 164 valence electrons. The fourth-order valence-corrected chi connectivity index (χ4v) is 3.85. The third kappa shape index (κ3) is 7.86. The number of nitrogens with one attached hydrogen (secondary N) is 1. The van der Waals surface area contributed by atoms with Crippen LogP contribution in [0.15, 0.2) is 23.5 Å². The zero-order chi connectivity index (χ0) is 19.6. The maximum absolute atomic E-state index is 5.45. The molecule has 29 heavy (non-hydrogen) atoms. The monoisotopic (exact) mass is 517 g/mol. The first-order valence-electron chi connectivity index (χ1n) is 10.5. The molecule has 1 aromatic heterocycles. The zero-order valence-electron chi connectivity index (χ0n) is 17.8. The largest absolute Gasteiger partial charge is 0.381 e. The van der Waals surface area contributed by atoms with Gasteiger partial charge in [-0.25, -0.2) is 9.97 Å². The highest BCUT2D eigenvalue weighted by atomic mass is 127. The van der Waals surface area contributed by atoms with E-state index in [9.17, 15) is 0 Å². The van der Waals surface area contributed by atoms with Crippen molar-refractivity contribution in [3.63, 3.8) is 0 Å². The molecule has 0 amide bonds. The number of piperazine rings is 1. The summed E-state index contributed by atoms with van der Waals surface area (Å²) < 4.78 is 5.45. The SMILES string of the molecule is CN=C(NCCN1CCN(c2ncccn2)CC1)N(C)CCC1CCOCC1.I. The van der Waals surface area contributed by atoms with Gasteiger partial charge in [0.15, 0.2) is 5.96 Å². The van der Waals surface area contributed by atoms with Crippen molar-refractivity contribution in [3.05, 3.63) is 18.5 Å². The van der Waals surface area contributed by atoms with E-state index in [-0.39, 0.29) is 24.0 Å². The van der Waals surface area contributed by atoms with Gasteiger partial charge in [0.25, 0.3) is 0 Å². The smallest absolute Gasteiger partial charge is 0.225 e. The Balaban J connectivity index is 0.00000300. The Morgan fingerprint density at radius 1 is 1.21 bits per heavy atom. The highest BCUT2D eigenvalue weighted by Crippen LogP contribution is 2.18. The molecule has 0 unspecified atom stereocenters. The quantitative estimate of drug-likeness (QED) is 0.335. The van der Waals surface area contributed by atoms with E-state index in [0.29, 0.717) is 0 Å². The Hall–Kier alpha value is -1.20. The third-order valence-corrected chi connectivity index (χ3v) is 5.71. The van der Waals surface area contributed by atoms with Crippen molar-refractivity contribution in [2.45, 2.75) is 19.3 Å². The first kappa shape index (κ1) is 24.1. The fourth-order valence-electron chi connectivity index (χ4n) is 3.85. The molecule has 1 aromatic rings. The van der Waals surface area contributed by atoms with Gasteiger partial charge in [0.05, 0.1) is 0 Å². The van der Waals surface area contributed by atoms with Crippen LogP contribution in [0.5, 0.6) is 0 Å². The molecule has 3 rings (SSSR count). The Kier molecular flexibility index (Phi) is 10.9. The summed E-state index contributed by atoms with van der Waals surface area (Å²) in [5.41, 5.74) is 0. The van der Waals surface area contributed by atoms with Gasteiger partial charge in [0.1, 0.15) is 0 Å². The summed E-state index contributed by atoms with van der Waals surface area (Å²) >= 11 is 0. The van der Waals surface area contributed by atoms with E-state index < -0.39 is 0 Å². The standard InChI is InChI=1S/C20H35N7O.HI/c1-21-19(25(2)10-4-18-5-16-28-17-6-18)24-9-11-26-12-14-27(15-13-26)20-22-7-3-8-23-20;/h3,7-8,18H,4-6,9-17H2,1-2H3,(H,21,24);1H. The lowest BCUT2D eigenvalue weighted by Gasteiger charge is -2.35. The van der Waals surface area contributed by atoms with Crippen LogP contribution in [-0.4, -0.2) is 98.8 Å². The van der Waals surface area contributed by atoms with Crippen molar-refractivity contribution in [3.8, 4) is 0 Å². The van der Waals surface area contributed by atoms with E-state index in [1.165, 1.54) is 19.3 Å². The second-order valence-electron chi connectivity index (χ2n) is 7.62. The molecule has 0 saturated carbocycles. The maximum Gasteiger partial charge on any atom is 0.225 e. The molecule has 0 aromatic carbocycles. The number of guanidine groups is 1. The molecule has 3 heterocycles. The number of hydrogen-bond acceptors (Lipinski definition) is 6. The predicted octanol–water partition coefficient (Wildman–Crippen LogP) is 1.54. The molecule has 2 fully saturated rings. The van der Waals surface area contributed by atoms with Crippen molar-refractivity contribution >= 4 is 35.9 Å². The van der Waals surface area contributed by atoms with Crippen LogP contribution >= 0.6 is 24.0 Å². The first-order valence-corrected chi connectivity index (χ1v) is 10.5. The average Bonchev–Trinajstić information content (AvgIpc) is 2.77. The molecule has 0 radical (unpaired) electrons. The number of rotatable bonds is 7. The summed E-state index contributed by atoms with van der Waals surface area (Å²) in [6, 6.07) is 1.86. The van der Waals surface area contributed by atoms with Crippen molar-refractivity contribution in [2.24, 2.45) is 10.9 Å². The highest BCUT2D eigenvalue weighted by Gasteiger charge is 2.19. The summed E-state index contributed by atoms with van der Waals surface area (Å²) in [4.78, 5) is 20.1. The average molecular weight is 517 g/mol. The zero-order valence-corrected chi connectivity index (χ0v) is 20.1. The Bertz CT molecular complexity index is 590. The van der Waals surface area contributed by atoms with E-state index >= 15 is 0 Å². The maximum atomic E-state index is 5.45. The number of aromatic nitrogens is 2. The van der Waals surface area contributed by atoms with Crippen LogP contribution in [0.4, 0.5) is 5.95 Å². The lowest BCUT2D eigenvalue weighted by Crippen LogP contribution is -2.50. The van der Waals surface area contributed by atoms with Crippen molar-refractivity contribution in [1.82, 2.24) is 25.1 Å². The van der Waals surface area contributed by atoms with E-state index in [1.54, 1.807) is 0 Å². The predicted molar refractivity (Wildman–Crippen MR) is 128 cm³/mol. The van der Waals surface area contributed by atoms with Gasteiger partial charge in [-0.05, 0) is 31.2 Å². The number of nitrogens with zero attached hydrogens (tertiary/aromatic N) is 6. The van der Waals surface area contributed by atoms with Gasteiger partial charge < -0.3 is 19.9 Å². The third-order valence-electron chi connectivity index (χ3n) is 5.71.